The number of thiophene rings is 1. The first-order valence-corrected chi connectivity index (χ1v) is 7.99. The van der Waals surface area contributed by atoms with Crippen molar-refractivity contribution < 1.29 is 9.66 Å². The molecule has 6 heteroatoms. The molecule has 0 aliphatic heterocycles. The minimum absolute atomic E-state index is 0.116. The molecule has 2 aromatic carbocycles. The van der Waals surface area contributed by atoms with Gasteiger partial charge in [0.25, 0.3) is 0 Å². The van der Waals surface area contributed by atoms with Crippen LogP contribution in [-0.4, -0.2) is 4.92 Å². The van der Waals surface area contributed by atoms with Crippen molar-refractivity contribution in [3.05, 3.63) is 81.2 Å². The van der Waals surface area contributed by atoms with Gasteiger partial charge in [0.05, 0.1) is 16.6 Å². The van der Waals surface area contributed by atoms with Crippen LogP contribution >= 0.6 is 11.3 Å². The summed E-state index contributed by atoms with van der Waals surface area (Å²) < 4.78 is 5.65. The lowest BCUT2D eigenvalue weighted by molar-refractivity contribution is -0.380. The smallest absolute Gasteiger partial charge is 0.324 e. The van der Waals surface area contributed by atoms with E-state index in [1.54, 1.807) is 17.5 Å². The number of nitrogens with zero attached hydrogens (tertiary/aromatic N) is 2. The molecule has 0 bridgehead atoms. The summed E-state index contributed by atoms with van der Waals surface area (Å²) in [5.41, 5.74) is 3.46. The van der Waals surface area contributed by atoms with Crippen molar-refractivity contribution in [1.82, 2.24) is 0 Å². The number of ether oxygens (including phenoxy) is 1. The Balaban J connectivity index is 1.65. The molecule has 0 saturated carbocycles. The Morgan fingerprint density at radius 1 is 1.08 bits per heavy atom. The molecule has 0 unspecified atom stereocenters. The molecule has 3 aromatic rings. The summed E-state index contributed by atoms with van der Waals surface area (Å²) in [6, 6.07) is 18.6. The fourth-order valence-electron chi connectivity index (χ4n) is 2.18. The normalized spacial score (nSPS) is 10.1. The van der Waals surface area contributed by atoms with Crippen molar-refractivity contribution in [2.24, 2.45) is 0 Å². The molecule has 0 saturated heterocycles. The number of hydrogen-bond acceptors (Lipinski definition) is 5. The standard InChI is InChI=1S/C18H12N2O3S/c19-10-13-1-3-15(4-2-13)16-5-7-17(8-6-16)23-11-14-9-18(20(21)22)24-12-14/h1-9,12H,11H2. The monoisotopic (exact) mass is 336 g/mol. The summed E-state index contributed by atoms with van der Waals surface area (Å²) in [6.45, 7) is 0.292. The molecule has 0 aliphatic rings. The van der Waals surface area contributed by atoms with E-state index in [9.17, 15) is 10.1 Å². The van der Waals surface area contributed by atoms with Gasteiger partial charge in [-0.2, -0.15) is 5.26 Å². The maximum Gasteiger partial charge on any atom is 0.324 e. The molecule has 5 nitrogen and oxygen atoms in total. The Bertz CT molecular complexity index is 893. The molecule has 1 aromatic heterocycles. The van der Waals surface area contributed by atoms with Gasteiger partial charge in [0, 0.05) is 17.0 Å². The Morgan fingerprint density at radius 2 is 1.71 bits per heavy atom. The highest BCUT2D eigenvalue weighted by molar-refractivity contribution is 7.13. The number of rotatable bonds is 5. The fourth-order valence-corrected chi connectivity index (χ4v) is 2.90. The highest BCUT2D eigenvalue weighted by atomic mass is 32.1. The molecule has 0 atom stereocenters. The molecular weight excluding hydrogens is 324 g/mol. The number of nitriles is 1. The van der Waals surface area contributed by atoms with Crippen LogP contribution in [0.3, 0.4) is 0 Å². The van der Waals surface area contributed by atoms with Crippen LogP contribution in [-0.2, 0) is 6.61 Å². The highest BCUT2D eigenvalue weighted by Gasteiger charge is 2.09. The van der Waals surface area contributed by atoms with E-state index in [1.165, 1.54) is 6.07 Å². The molecule has 0 radical (unpaired) electrons. The van der Waals surface area contributed by atoms with E-state index in [4.69, 9.17) is 10.00 Å². The lowest BCUT2D eigenvalue weighted by Crippen LogP contribution is -1.93. The van der Waals surface area contributed by atoms with E-state index >= 15 is 0 Å². The predicted octanol–water partition coefficient (Wildman–Crippen LogP) is 4.77. The van der Waals surface area contributed by atoms with Crippen LogP contribution in [0.25, 0.3) is 11.1 Å². The second-order valence-corrected chi connectivity index (χ2v) is 5.94. The first-order valence-electron chi connectivity index (χ1n) is 7.11. The molecule has 118 valence electrons. The third-order valence-corrected chi connectivity index (χ3v) is 4.36. The van der Waals surface area contributed by atoms with E-state index in [-0.39, 0.29) is 5.00 Å². The lowest BCUT2D eigenvalue weighted by Gasteiger charge is -2.06. The summed E-state index contributed by atoms with van der Waals surface area (Å²) in [4.78, 5) is 10.3. The van der Waals surface area contributed by atoms with Gasteiger partial charge in [-0.3, -0.25) is 10.1 Å². The zero-order valence-electron chi connectivity index (χ0n) is 12.5. The van der Waals surface area contributed by atoms with Crippen molar-refractivity contribution in [1.29, 1.82) is 5.26 Å². The van der Waals surface area contributed by atoms with E-state index in [2.05, 4.69) is 6.07 Å². The number of hydrogen-bond donors (Lipinski definition) is 0. The Labute approximate surface area is 142 Å². The van der Waals surface area contributed by atoms with Gasteiger partial charge in [0.15, 0.2) is 0 Å². The average Bonchev–Trinajstić information content (AvgIpc) is 3.10. The third-order valence-electron chi connectivity index (χ3n) is 3.43. The van der Waals surface area contributed by atoms with Crippen molar-refractivity contribution in [2.75, 3.05) is 0 Å². The summed E-state index contributed by atoms with van der Waals surface area (Å²) in [6.07, 6.45) is 0. The molecule has 0 aliphatic carbocycles. The second kappa shape index (κ2) is 6.94. The van der Waals surface area contributed by atoms with Gasteiger partial charge >= 0.3 is 5.00 Å². The Hall–Kier alpha value is -3.17. The van der Waals surface area contributed by atoms with Crippen molar-refractivity contribution in [3.63, 3.8) is 0 Å². The molecule has 1 heterocycles. The highest BCUT2D eigenvalue weighted by Crippen LogP contribution is 2.25. The molecular formula is C18H12N2O3S. The maximum absolute atomic E-state index is 10.7. The average molecular weight is 336 g/mol. The molecule has 0 amide bonds. The van der Waals surface area contributed by atoms with Crippen LogP contribution in [0.5, 0.6) is 5.75 Å². The molecule has 0 N–H and O–H groups in total. The van der Waals surface area contributed by atoms with E-state index in [0.29, 0.717) is 17.9 Å². The Kier molecular flexibility index (Phi) is 4.54. The zero-order valence-corrected chi connectivity index (χ0v) is 13.3. The van der Waals surface area contributed by atoms with Crippen LogP contribution in [0.2, 0.25) is 0 Å². The maximum atomic E-state index is 10.7. The zero-order chi connectivity index (χ0) is 16.9. The predicted molar refractivity (Wildman–Crippen MR) is 91.9 cm³/mol. The summed E-state index contributed by atoms with van der Waals surface area (Å²) >= 11 is 1.09. The first kappa shape index (κ1) is 15.7. The van der Waals surface area contributed by atoms with Crippen molar-refractivity contribution >= 4 is 16.3 Å². The molecule has 0 spiro atoms. The SMILES string of the molecule is N#Cc1ccc(-c2ccc(OCc3csc([N+](=O)[O-])c3)cc2)cc1. The van der Waals surface area contributed by atoms with E-state index in [0.717, 1.165) is 28.0 Å². The molecule has 24 heavy (non-hydrogen) atoms. The quantitative estimate of drug-likeness (QED) is 0.496. The third kappa shape index (κ3) is 3.59. The van der Waals surface area contributed by atoms with Gasteiger partial charge < -0.3 is 4.74 Å². The van der Waals surface area contributed by atoms with Gasteiger partial charge in [-0.05, 0) is 35.4 Å². The van der Waals surface area contributed by atoms with E-state index < -0.39 is 4.92 Å². The van der Waals surface area contributed by atoms with Crippen LogP contribution in [0, 0.1) is 21.4 Å². The number of nitro groups is 1. The van der Waals surface area contributed by atoms with Gasteiger partial charge in [-0.15, -0.1) is 0 Å². The second-order valence-electron chi connectivity index (χ2n) is 5.05. The Morgan fingerprint density at radius 3 is 2.25 bits per heavy atom. The van der Waals surface area contributed by atoms with Gasteiger partial charge in [-0.1, -0.05) is 35.6 Å². The van der Waals surface area contributed by atoms with Gasteiger partial charge in [0.1, 0.15) is 12.4 Å². The number of benzene rings is 2. The minimum atomic E-state index is -0.402. The van der Waals surface area contributed by atoms with Gasteiger partial charge in [-0.25, -0.2) is 0 Å². The van der Waals surface area contributed by atoms with Crippen LogP contribution in [0.1, 0.15) is 11.1 Å². The fraction of sp³-hybridized carbons (Fsp3) is 0.0556. The van der Waals surface area contributed by atoms with Crippen molar-refractivity contribution in [3.8, 4) is 22.9 Å². The topological polar surface area (TPSA) is 76.2 Å². The largest absolute Gasteiger partial charge is 0.489 e. The van der Waals surface area contributed by atoms with Crippen LogP contribution < -0.4 is 4.74 Å². The minimum Gasteiger partial charge on any atom is -0.489 e. The summed E-state index contributed by atoms with van der Waals surface area (Å²) in [5.74, 6) is 0.696. The van der Waals surface area contributed by atoms with Crippen molar-refractivity contribution in [2.45, 2.75) is 6.61 Å². The lowest BCUT2D eigenvalue weighted by atomic mass is 10.0. The van der Waals surface area contributed by atoms with Gasteiger partial charge in [0.2, 0.25) is 0 Å². The van der Waals surface area contributed by atoms with Crippen LogP contribution in [0.4, 0.5) is 5.00 Å². The van der Waals surface area contributed by atoms with Crippen LogP contribution in [0.15, 0.2) is 60.0 Å². The first-order chi connectivity index (χ1) is 11.7. The summed E-state index contributed by atoms with van der Waals surface area (Å²) in [7, 11) is 0. The molecule has 3 rings (SSSR count). The van der Waals surface area contributed by atoms with E-state index in [1.807, 2.05) is 36.4 Å². The summed E-state index contributed by atoms with van der Waals surface area (Å²) in [5, 5.41) is 21.3. The molecule has 0 fully saturated rings.